The molecule has 0 atom stereocenters. The Bertz CT molecular complexity index is 619. The van der Waals surface area contributed by atoms with Crippen LogP contribution in [0.15, 0.2) is 30.5 Å². The predicted molar refractivity (Wildman–Crippen MR) is 79.9 cm³/mol. The van der Waals surface area contributed by atoms with Gasteiger partial charge in [-0.1, -0.05) is 17.7 Å². The van der Waals surface area contributed by atoms with Crippen LogP contribution in [0.25, 0.3) is 0 Å². The molecule has 0 unspecified atom stereocenters. The zero-order valence-electron chi connectivity index (χ0n) is 11.5. The number of nitrogens with zero attached hydrogens (tertiary/aromatic N) is 2. The molecule has 0 radical (unpaired) electrons. The molecule has 19 heavy (non-hydrogen) atoms. The number of aryl methyl sites for hydroxylation is 3. The van der Waals surface area contributed by atoms with Crippen molar-refractivity contribution in [3.05, 3.63) is 47.2 Å². The summed E-state index contributed by atoms with van der Waals surface area (Å²) < 4.78 is 0. The standard InChI is InChI=1S/C16H19N3/c1-11-5-6-15-13(8-11)4-3-7-19(15)16-9-14(17)12(2)10-18-16/h5-6,8-10H,3-4,7H2,1-2H3,(H2,17,18). The van der Waals surface area contributed by atoms with Crippen molar-refractivity contribution < 1.29 is 0 Å². The molecular weight excluding hydrogens is 234 g/mol. The maximum absolute atomic E-state index is 6.00. The molecule has 2 heterocycles. The van der Waals surface area contributed by atoms with E-state index < -0.39 is 0 Å². The van der Waals surface area contributed by atoms with Crippen LogP contribution in [0, 0.1) is 13.8 Å². The van der Waals surface area contributed by atoms with Gasteiger partial charge in [-0.05, 0) is 43.9 Å². The second-order valence-electron chi connectivity index (χ2n) is 5.29. The SMILES string of the molecule is Cc1ccc2c(c1)CCCN2c1cc(N)c(C)cn1. The van der Waals surface area contributed by atoms with Crippen molar-refractivity contribution in [1.82, 2.24) is 4.98 Å². The Hall–Kier alpha value is -2.03. The van der Waals surface area contributed by atoms with Crippen LogP contribution < -0.4 is 10.6 Å². The molecule has 3 rings (SSSR count). The Balaban J connectivity index is 2.05. The zero-order chi connectivity index (χ0) is 13.4. The lowest BCUT2D eigenvalue weighted by molar-refractivity contribution is 0.759. The minimum atomic E-state index is 0.809. The molecule has 0 amide bonds. The van der Waals surface area contributed by atoms with Crippen molar-refractivity contribution in [2.75, 3.05) is 17.2 Å². The van der Waals surface area contributed by atoms with Gasteiger partial charge in [0, 0.05) is 30.2 Å². The molecule has 0 bridgehead atoms. The number of nitrogen functional groups attached to an aromatic ring is 1. The fraction of sp³-hybridized carbons (Fsp3) is 0.312. The van der Waals surface area contributed by atoms with Crippen LogP contribution in [-0.4, -0.2) is 11.5 Å². The highest BCUT2D eigenvalue weighted by molar-refractivity contribution is 5.68. The second kappa shape index (κ2) is 4.57. The first-order valence-corrected chi connectivity index (χ1v) is 6.74. The molecule has 2 aromatic rings. The molecule has 0 spiro atoms. The van der Waals surface area contributed by atoms with E-state index in [1.165, 1.54) is 16.8 Å². The van der Waals surface area contributed by atoms with Crippen LogP contribution in [0.4, 0.5) is 17.2 Å². The molecule has 0 saturated carbocycles. The number of hydrogen-bond acceptors (Lipinski definition) is 3. The topological polar surface area (TPSA) is 42.1 Å². The van der Waals surface area contributed by atoms with Crippen molar-refractivity contribution in [3.63, 3.8) is 0 Å². The number of aromatic nitrogens is 1. The molecule has 3 nitrogen and oxygen atoms in total. The molecule has 2 N–H and O–H groups in total. The van der Waals surface area contributed by atoms with E-state index in [9.17, 15) is 0 Å². The molecule has 1 aromatic carbocycles. The first kappa shape index (κ1) is 12.0. The Morgan fingerprint density at radius 2 is 2.05 bits per heavy atom. The van der Waals surface area contributed by atoms with Gasteiger partial charge < -0.3 is 10.6 Å². The molecule has 1 aromatic heterocycles. The average molecular weight is 253 g/mol. The van der Waals surface area contributed by atoms with Crippen molar-refractivity contribution in [3.8, 4) is 0 Å². The molecule has 1 aliphatic heterocycles. The summed E-state index contributed by atoms with van der Waals surface area (Å²) >= 11 is 0. The highest BCUT2D eigenvalue weighted by Crippen LogP contribution is 2.33. The summed E-state index contributed by atoms with van der Waals surface area (Å²) in [4.78, 5) is 6.80. The number of nitrogens with two attached hydrogens (primary N) is 1. The van der Waals surface area contributed by atoms with Gasteiger partial charge in [-0.15, -0.1) is 0 Å². The van der Waals surface area contributed by atoms with Gasteiger partial charge in [0.15, 0.2) is 0 Å². The third kappa shape index (κ3) is 2.16. The van der Waals surface area contributed by atoms with Gasteiger partial charge >= 0.3 is 0 Å². The fourth-order valence-corrected chi connectivity index (χ4v) is 2.64. The second-order valence-corrected chi connectivity index (χ2v) is 5.29. The Kier molecular flexibility index (Phi) is 2.90. The number of anilines is 3. The summed E-state index contributed by atoms with van der Waals surface area (Å²) in [5, 5.41) is 0. The number of benzene rings is 1. The summed E-state index contributed by atoms with van der Waals surface area (Å²) in [6.45, 7) is 5.13. The lowest BCUT2D eigenvalue weighted by Gasteiger charge is -2.31. The quantitative estimate of drug-likeness (QED) is 0.847. The summed E-state index contributed by atoms with van der Waals surface area (Å²) in [6, 6.07) is 8.61. The monoisotopic (exact) mass is 253 g/mol. The van der Waals surface area contributed by atoms with Crippen LogP contribution >= 0.6 is 0 Å². The van der Waals surface area contributed by atoms with E-state index in [0.717, 1.165) is 36.5 Å². The molecule has 0 saturated heterocycles. The van der Waals surface area contributed by atoms with Crippen LogP contribution in [0.2, 0.25) is 0 Å². The first-order chi connectivity index (χ1) is 9.15. The maximum atomic E-state index is 6.00. The van der Waals surface area contributed by atoms with E-state index in [1.54, 1.807) is 0 Å². The van der Waals surface area contributed by atoms with Crippen molar-refractivity contribution >= 4 is 17.2 Å². The Morgan fingerprint density at radius 3 is 2.84 bits per heavy atom. The third-order valence-electron chi connectivity index (χ3n) is 3.76. The first-order valence-electron chi connectivity index (χ1n) is 6.74. The molecule has 98 valence electrons. The van der Waals surface area contributed by atoms with E-state index in [1.807, 2.05) is 19.2 Å². The Labute approximate surface area is 114 Å². The van der Waals surface area contributed by atoms with E-state index in [0.29, 0.717) is 0 Å². The zero-order valence-corrected chi connectivity index (χ0v) is 11.5. The van der Waals surface area contributed by atoms with Crippen LogP contribution in [0.1, 0.15) is 23.1 Å². The minimum Gasteiger partial charge on any atom is -0.398 e. The lowest BCUT2D eigenvalue weighted by Crippen LogP contribution is -2.25. The van der Waals surface area contributed by atoms with Crippen LogP contribution in [0.5, 0.6) is 0 Å². The molecule has 1 aliphatic rings. The summed E-state index contributed by atoms with van der Waals surface area (Å²) in [5.41, 5.74) is 11.8. The highest BCUT2D eigenvalue weighted by Gasteiger charge is 2.19. The maximum Gasteiger partial charge on any atom is 0.134 e. The largest absolute Gasteiger partial charge is 0.398 e. The predicted octanol–water partition coefficient (Wildman–Crippen LogP) is 3.36. The van der Waals surface area contributed by atoms with Crippen LogP contribution in [-0.2, 0) is 6.42 Å². The highest BCUT2D eigenvalue weighted by atomic mass is 15.2. The molecule has 3 heteroatoms. The number of pyridine rings is 1. The van der Waals surface area contributed by atoms with Crippen molar-refractivity contribution in [2.45, 2.75) is 26.7 Å². The van der Waals surface area contributed by atoms with Gasteiger partial charge in [-0.2, -0.15) is 0 Å². The lowest BCUT2D eigenvalue weighted by atomic mass is 9.99. The molecule has 0 aliphatic carbocycles. The smallest absolute Gasteiger partial charge is 0.134 e. The minimum absolute atomic E-state index is 0.809. The van der Waals surface area contributed by atoms with E-state index >= 15 is 0 Å². The number of rotatable bonds is 1. The van der Waals surface area contributed by atoms with E-state index in [4.69, 9.17) is 5.73 Å². The Morgan fingerprint density at radius 1 is 1.21 bits per heavy atom. The third-order valence-corrected chi connectivity index (χ3v) is 3.76. The fourth-order valence-electron chi connectivity index (χ4n) is 2.64. The van der Waals surface area contributed by atoms with Gasteiger partial charge in [0.05, 0.1) is 0 Å². The van der Waals surface area contributed by atoms with Crippen molar-refractivity contribution in [2.24, 2.45) is 0 Å². The summed E-state index contributed by atoms with van der Waals surface area (Å²) in [6.07, 6.45) is 4.16. The van der Waals surface area contributed by atoms with E-state index in [2.05, 4.69) is 35.0 Å². The van der Waals surface area contributed by atoms with Crippen LogP contribution in [0.3, 0.4) is 0 Å². The van der Waals surface area contributed by atoms with Gasteiger partial charge in [0.1, 0.15) is 5.82 Å². The number of fused-ring (bicyclic) bond motifs is 1. The summed E-state index contributed by atoms with van der Waals surface area (Å²) in [7, 11) is 0. The van der Waals surface area contributed by atoms with E-state index in [-0.39, 0.29) is 0 Å². The average Bonchev–Trinajstić information content (AvgIpc) is 2.41. The van der Waals surface area contributed by atoms with Gasteiger partial charge in [-0.25, -0.2) is 4.98 Å². The van der Waals surface area contributed by atoms with Crippen molar-refractivity contribution in [1.29, 1.82) is 0 Å². The molecular formula is C16H19N3. The van der Waals surface area contributed by atoms with Gasteiger partial charge in [0.25, 0.3) is 0 Å². The molecule has 0 fully saturated rings. The normalized spacial score (nSPS) is 14.3. The van der Waals surface area contributed by atoms with Gasteiger partial charge in [0.2, 0.25) is 0 Å². The number of hydrogen-bond donors (Lipinski definition) is 1. The van der Waals surface area contributed by atoms with Gasteiger partial charge in [-0.3, -0.25) is 0 Å². The summed E-state index contributed by atoms with van der Waals surface area (Å²) in [5.74, 6) is 0.952.